The summed E-state index contributed by atoms with van der Waals surface area (Å²) in [5, 5.41) is 4.61. The average Bonchev–Trinajstić information content (AvgIpc) is 4.00. The number of furan rings is 1. The molecule has 13 rings (SSSR count). The first kappa shape index (κ1) is 38.1. The minimum atomic E-state index is -0.196. The first-order valence-corrected chi connectivity index (χ1v) is 22.8. The highest BCUT2D eigenvalue weighted by Gasteiger charge is 2.36. The van der Waals surface area contributed by atoms with Crippen LogP contribution in [-0.4, -0.2) is 4.57 Å². The van der Waals surface area contributed by atoms with Crippen LogP contribution in [-0.2, 0) is 5.41 Å². The molecular weight excluding hydrogens is 801 g/mol. The summed E-state index contributed by atoms with van der Waals surface area (Å²) in [7, 11) is 0. The Morgan fingerprint density at radius 3 is 1.83 bits per heavy atom. The number of rotatable bonds is 7. The molecule has 0 spiro atoms. The number of benzene rings is 10. The molecule has 1 aliphatic carbocycles. The van der Waals surface area contributed by atoms with Crippen molar-refractivity contribution in [2.45, 2.75) is 19.3 Å². The maximum absolute atomic E-state index is 6.76. The topological polar surface area (TPSA) is 21.3 Å². The van der Waals surface area contributed by atoms with E-state index in [0.29, 0.717) is 0 Å². The second kappa shape index (κ2) is 14.8. The molecule has 12 aromatic rings. The molecule has 0 saturated carbocycles. The Bertz CT molecular complexity index is 3840. The largest absolute Gasteiger partial charge is 0.456 e. The standard InChI is InChI=1S/C63H44N2O/c1-63(2)54-27-15-12-24-47(54)48-34-31-45(39-55(48)63)64(46-32-35-50-49-25-13-16-28-56(49)65(58(50)40-46)44-22-10-5-11-23-44)57-36-37-60-62(52-26-14-17-29-59(52)66-60)61(57)51-33-30-43(41-18-6-3-7-19-41)38-53(51)42-20-8-4-9-21-42/h3-40H,1-2H3. The third-order valence-corrected chi connectivity index (χ3v) is 14.0. The minimum Gasteiger partial charge on any atom is -0.456 e. The summed E-state index contributed by atoms with van der Waals surface area (Å²) in [5.41, 5.74) is 20.4. The van der Waals surface area contributed by atoms with Crippen molar-refractivity contribution in [2.24, 2.45) is 0 Å². The molecule has 0 aliphatic heterocycles. The fourth-order valence-electron chi connectivity index (χ4n) is 10.9. The zero-order valence-corrected chi connectivity index (χ0v) is 36.7. The smallest absolute Gasteiger partial charge is 0.136 e. The van der Waals surface area contributed by atoms with Gasteiger partial charge >= 0.3 is 0 Å². The molecule has 0 amide bonds. The van der Waals surface area contributed by atoms with Crippen molar-refractivity contribution in [1.29, 1.82) is 0 Å². The van der Waals surface area contributed by atoms with Crippen molar-refractivity contribution in [3.8, 4) is 50.2 Å². The summed E-state index contributed by atoms with van der Waals surface area (Å²) in [6, 6.07) is 84.0. The van der Waals surface area contributed by atoms with E-state index in [-0.39, 0.29) is 5.41 Å². The van der Waals surface area contributed by atoms with Gasteiger partial charge < -0.3 is 13.9 Å². The zero-order chi connectivity index (χ0) is 43.9. The van der Waals surface area contributed by atoms with Gasteiger partial charge in [-0.1, -0.05) is 178 Å². The monoisotopic (exact) mass is 844 g/mol. The van der Waals surface area contributed by atoms with Gasteiger partial charge in [0.15, 0.2) is 0 Å². The molecule has 0 unspecified atom stereocenters. The number of fused-ring (bicyclic) bond motifs is 9. The quantitative estimate of drug-likeness (QED) is 0.159. The lowest BCUT2D eigenvalue weighted by Gasteiger charge is -2.31. The van der Waals surface area contributed by atoms with Gasteiger partial charge in [-0.25, -0.2) is 0 Å². The molecule has 10 aromatic carbocycles. The van der Waals surface area contributed by atoms with Gasteiger partial charge in [0.2, 0.25) is 0 Å². The highest BCUT2D eigenvalue weighted by Crippen LogP contribution is 2.54. The summed E-state index contributed by atoms with van der Waals surface area (Å²) < 4.78 is 9.17. The molecular formula is C63H44N2O. The summed E-state index contributed by atoms with van der Waals surface area (Å²) in [4.78, 5) is 2.50. The van der Waals surface area contributed by atoms with Crippen LogP contribution in [0.1, 0.15) is 25.0 Å². The lowest BCUT2D eigenvalue weighted by molar-refractivity contribution is 0.660. The maximum atomic E-state index is 6.76. The first-order valence-electron chi connectivity index (χ1n) is 22.8. The minimum absolute atomic E-state index is 0.196. The van der Waals surface area contributed by atoms with Crippen molar-refractivity contribution in [3.63, 3.8) is 0 Å². The number of nitrogens with zero attached hydrogens (tertiary/aromatic N) is 2. The van der Waals surface area contributed by atoms with Crippen molar-refractivity contribution in [3.05, 3.63) is 242 Å². The van der Waals surface area contributed by atoms with Crippen LogP contribution in [0, 0.1) is 0 Å². The Morgan fingerprint density at radius 2 is 1.02 bits per heavy atom. The molecule has 0 saturated heterocycles. The molecule has 3 nitrogen and oxygen atoms in total. The molecule has 2 heterocycles. The van der Waals surface area contributed by atoms with E-state index in [1.165, 1.54) is 49.7 Å². The Morgan fingerprint density at radius 1 is 0.394 bits per heavy atom. The van der Waals surface area contributed by atoms with E-state index in [2.05, 4.69) is 254 Å². The lowest BCUT2D eigenvalue weighted by Crippen LogP contribution is -2.17. The molecule has 0 N–H and O–H groups in total. The SMILES string of the molecule is CC1(C)c2ccccc2-c2ccc(N(c3ccc4c5ccccc5n(-c5ccccc5)c4c3)c3ccc4oc5ccccc5c4c3-c3ccc(-c4ccccc4)cc3-c3ccccc3)cc21. The van der Waals surface area contributed by atoms with E-state index in [9.17, 15) is 0 Å². The van der Waals surface area contributed by atoms with Gasteiger partial charge in [0.05, 0.1) is 16.7 Å². The predicted molar refractivity (Wildman–Crippen MR) is 277 cm³/mol. The molecule has 0 bridgehead atoms. The van der Waals surface area contributed by atoms with Gasteiger partial charge in [-0.05, 0) is 117 Å². The highest BCUT2D eigenvalue weighted by molar-refractivity contribution is 6.18. The number of anilines is 3. The van der Waals surface area contributed by atoms with E-state index in [1.54, 1.807) is 0 Å². The van der Waals surface area contributed by atoms with Crippen LogP contribution in [0.15, 0.2) is 235 Å². The van der Waals surface area contributed by atoms with Gasteiger partial charge in [-0.15, -0.1) is 0 Å². The normalized spacial score (nSPS) is 12.8. The van der Waals surface area contributed by atoms with Gasteiger partial charge in [0, 0.05) is 49.6 Å². The van der Waals surface area contributed by atoms with E-state index < -0.39 is 0 Å². The van der Waals surface area contributed by atoms with Gasteiger partial charge in [-0.3, -0.25) is 0 Å². The van der Waals surface area contributed by atoms with Crippen molar-refractivity contribution < 1.29 is 4.42 Å². The Balaban J connectivity index is 1.15. The number of hydrogen-bond acceptors (Lipinski definition) is 2. The summed E-state index contributed by atoms with van der Waals surface area (Å²) >= 11 is 0. The van der Waals surface area contributed by atoms with Crippen LogP contribution in [0.4, 0.5) is 17.1 Å². The van der Waals surface area contributed by atoms with Crippen LogP contribution in [0.5, 0.6) is 0 Å². The van der Waals surface area contributed by atoms with Crippen LogP contribution in [0.3, 0.4) is 0 Å². The maximum Gasteiger partial charge on any atom is 0.136 e. The van der Waals surface area contributed by atoms with Crippen LogP contribution in [0.2, 0.25) is 0 Å². The molecule has 2 aromatic heterocycles. The molecule has 3 heteroatoms. The van der Waals surface area contributed by atoms with Crippen LogP contribution in [0.25, 0.3) is 93.9 Å². The Kier molecular flexibility index (Phi) is 8.56. The summed E-state index contributed by atoms with van der Waals surface area (Å²) in [6.45, 7) is 4.73. The fraction of sp³-hybridized carbons (Fsp3) is 0.0476. The summed E-state index contributed by atoms with van der Waals surface area (Å²) in [5.74, 6) is 0. The fourth-order valence-corrected chi connectivity index (χ4v) is 10.9. The summed E-state index contributed by atoms with van der Waals surface area (Å²) in [6.07, 6.45) is 0. The molecule has 0 radical (unpaired) electrons. The third-order valence-electron chi connectivity index (χ3n) is 14.0. The Labute approximate surface area is 384 Å². The van der Waals surface area contributed by atoms with E-state index in [4.69, 9.17) is 4.42 Å². The van der Waals surface area contributed by atoms with Crippen molar-refractivity contribution >= 4 is 60.8 Å². The van der Waals surface area contributed by atoms with Crippen molar-refractivity contribution in [2.75, 3.05) is 4.90 Å². The van der Waals surface area contributed by atoms with Gasteiger partial charge in [0.1, 0.15) is 11.2 Å². The van der Waals surface area contributed by atoms with E-state index >= 15 is 0 Å². The van der Waals surface area contributed by atoms with Crippen LogP contribution < -0.4 is 4.90 Å². The van der Waals surface area contributed by atoms with E-state index in [0.717, 1.165) is 72.5 Å². The molecule has 312 valence electrons. The highest BCUT2D eigenvalue weighted by atomic mass is 16.3. The third kappa shape index (κ3) is 5.83. The number of hydrogen-bond donors (Lipinski definition) is 0. The zero-order valence-electron chi connectivity index (χ0n) is 36.7. The second-order valence-electron chi connectivity index (χ2n) is 18.0. The van der Waals surface area contributed by atoms with Crippen LogP contribution >= 0.6 is 0 Å². The molecule has 1 aliphatic rings. The first-order chi connectivity index (χ1) is 32.5. The Hall–Kier alpha value is -8.40. The second-order valence-corrected chi connectivity index (χ2v) is 18.0. The number of aromatic nitrogens is 1. The molecule has 0 fully saturated rings. The van der Waals surface area contributed by atoms with E-state index in [1.807, 2.05) is 0 Å². The lowest BCUT2D eigenvalue weighted by atomic mass is 9.82. The van der Waals surface area contributed by atoms with Gasteiger partial charge in [0.25, 0.3) is 0 Å². The molecule has 0 atom stereocenters. The molecule has 66 heavy (non-hydrogen) atoms. The van der Waals surface area contributed by atoms with Crippen molar-refractivity contribution in [1.82, 2.24) is 4.57 Å². The average molecular weight is 845 g/mol. The predicted octanol–water partition coefficient (Wildman–Crippen LogP) is 17.5. The van der Waals surface area contributed by atoms with Gasteiger partial charge in [-0.2, -0.15) is 0 Å². The number of para-hydroxylation sites is 3.